The summed E-state index contributed by atoms with van der Waals surface area (Å²) in [5.74, 6) is 0. The number of nitrogens with one attached hydrogen (secondary N) is 2. The fourth-order valence-corrected chi connectivity index (χ4v) is 2.66. The first-order valence-electron chi connectivity index (χ1n) is 6.42. The maximum Gasteiger partial charge on any atom is 0.0747 e. The molecule has 0 amide bonds. The summed E-state index contributed by atoms with van der Waals surface area (Å²) in [5, 5.41) is 16.3. The van der Waals surface area contributed by atoms with Gasteiger partial charge in [0.15, 0.2) is 0 Å². The minimum Gasteiger partial charge on any atom is -0.380 e. The van der Waals surface area contributed by atoms with E-state index in [-0.39, 0.29) is 0 Å². The number of H-pyrrole nitrogens is 1. The monoisotopic (exact) mass is 289 g/mol. The molecule has 0 aliphatic heterocycles. The number of aromatic nitrogens is 4. The molecule has 3 rings (SSSR count). The molecule has 0 saturated heterocycles. The Balaban J connectivity index is 1.88. The van der Waals surface area contributed by atoms with Gasteiger partial charge in [-0.05, 0) is 26.0 Å². The highest BCUT2D eigenvalue weighted by molar-refractivity contribution is 6.38. The van der Waals surface area contributed by atoms with Crippen LogP contribution in [0.4, 0.5) is 5.69 Å². The molecule has 0 aliphatic rings. The largest absolute Gasteiger partial charge is 0.380 e. The van der Waals surface area contributed by atoms with Gasteiger partial charge in [0, 0.05) is 30.2 Å². The van der Waals surface area contributed by atoms with E-state index < -0.39 is 0 Å². The van der Waals surface area contributed by atoms with Gasteiger partial charge < -0.3 is 5.32 Å². The SMILES string of the molecule is Cc1nn(C)c(C)c1CNc1ccc2[nH]ncc2c1Cl. The number of halogens is 1. The van der Waals surface area contributed by atoms with Crippen molar-refractivity contribution in [3.63, 3.8) is 0 Å². The first-order valence-corrected chi connectivity index (χ1v) is 6.80. The first kappa shape index (κ1) is 13.0. The predicted octanol–water partition coefficient (Wildman–Crippen LogP) is 3.18. The highest BCUT2D eigenvalue weighted by Crippen LogP contribution is 2.30. The zero-order valence-electron chi connectivity index (χ0n) is 11.7. The third-order valence-electron chi connectivity index (χ3n) is 3.67. The highest BCUT2D eigenvalue weighted by Gasteiger charge is 2.11. The van der Waals surface area contributed by atoms with Crippen molar-refractivity contribution in [3.05, 3.63) is 40.3 Å². The molecule has 0 saturated carbocycles. The summed E-state index contributed by atoms with van der Waals surface area (Å²) in [7, 11) is 1.95. The molecule has 6 heteroatoms. The van der Waals surface area contributed by atoms with Gasteiger partial charge in [-0.1, -0.05) is 11.6 Å². The molecule has 0 atom stereocenters. The van der Waals surface area contributed by atoms with Crippen molar-refractivity contribution in [2.75, 3.05) is 5.32 Å². The fourth-order valence-electron chi connectivity index (χ4n) is 2.38. The van der Waals surface area contributed by atoms with Crippen LogP contribution in [0.25, 0.3) is 10.9 Å². The summed E-state index contributed by atoms with van der Waals surface area (Å²) in [5.41, 5.74) is 5.25. The van der Waals surface area contributed by atoms with Crippen LogP contribution in [0.2, 0.25) is 5.02 Å². The van der Waals surface area contributed by atoms with Crippen molar-refractivity contribution in [1.82, 2.24) is 20.0 Å². The topological polar surface area (TPSA) is 58.5 Å². The van der Waals surface area contributed by atoms with E-state index in [0.29, 0.717) is 11.6 Å². The standard InChI is InChI=1S/C14H16ClN5/c1-8-10(9(2)20(3)19-8)6-16-13-5-4-12-11(14(13)15)7-17-18-12/h4-5,7,16H,6H2,1-3H3,(H,17,18). The number of rotatable bonds is 3. The number of hydrogen-bond donors (Lipinski definition) is 2. The lowest BCUT2D eigenvalue weighted by molar-refractivity contribution is 0.730. The minimum atomic E-state index is 0.690. The van der Waals surface area contributed by atoms with Crippen molar-refractivity contribution >= 4 is 28.2 Å². The zero-order valence-corrected chi connectivity index (χ0v) is 12.4. The van der Waals surface area contributed by atoms with Gasteiger partial charge in [-0.15, -0.1) is 0 Å². The average molecular weight is 290 g/mol. The molecular weight excluding hydrogens is 274 g/mol. The molecule has 2 N–H and O–H groups in total. The number of fused-ring (bicyclic) bond motifs is 1. The number of nitrogens with zero attached hydrogens (tertiary/aromatic N) is 3. The van der Waals surface area contributed by atoms with Crippen LogP contribution in [0.5, 0.6) is 0 Å². The van der Waals surface area contributed by atoms with Gasteiger partial charge in [-0.3, -0.25) is 9.78 Å². The minimum absolute atomic E-state index is 0.690. The maximum absolute atomic E-state index is 6.39. The second-order valence-electron chi connectivity index (χ2n) is 4.88. The summed E-state index contributed by atoms with van der Waals surface area (Å²) < 4.78 is 1.90. The van der Waals surface area contributed by atoms with Crippen LogP contribution in [-0.4, -0.2) is 20.0 Å². The number of anilines is 1. The first-order chi connectivity index (χ1) is 9.58. The zero-order chi connectivity index (χ0) is 14.3. The fraction of sp³-hybridized carbons (Fsp3) is 0.286. The Bertz CT molecular complexity index is 771. The van der Waals surface area contributed by atoms with Crippen LogP contribution >= 0.6 is 11.6 Å². The Morgan fingerprint density at radius 1 is 1.35 bits per heavy atom. The lowest BCUT2D eigenvalue weighted by Crippen LogP contribution is -2.02. The van der Waals surface area contributed by atoms with Crippen LogP contribution in [0, 0.1) is 13.8 Å². The molecular formula is C14H16ClN5. The summed E-state index contributed by atoms with van der Waals surface area (Å²) in [6, 6.07) is 3.93. The highest BCUT2D eigenvalue weighted by atomic mass is 35.5. The molecule has 0 spiro atoms. The van der Waals surface area contributed by atoms with Crippen LogP contribution in [0.3, 0.4) is 0 Å². The quantitative estimate of drug-likeness (QED) is 0.778. The molecule has 0 fully saturated rings. The van der Waals surface area contributed by atoms with Crippen LogP contribution < -0.4 is 5.32 Å². The van der Waals surface area contributed by atoms with Crippen LogP contribution in [-0.2, 0) is 13.6 Å². The molecule has 2 aromatic heterocycles. The molecule has 0 bridgehead atoms. The van der Waals surface area contributed by atoms with E-state index >= 15 is 0 Å². The van der Waals surface area contributed by atoms with Crippen LogP contribution in [0.15, 0.2) is 18.3 Å². The molecule has 104 valence electrons. The Kier molecular flexibility index (Phi) is 3.14. The Hall–Kier alpha value is -2.01. The number of hydrogen-bond acceptors (Lipinski definition) is 3. The van der Waals surface area contributed by atoms with Crippen molar-refractivity contribution in [3.8, 4) is 0 Å². The predicted molar refractivity (Wildman–Crippen MR) is 81.1 cm³/mol. The van der Waals surface area contributed by atoms with Crippen LogP contribution in [0.1, 0.15) is 17.0 Å². The van der Waals surface area contributed by atoms with Gasteiger partial charge in [0.05, 0.1) is 28.1 Å². The number of aromatic amines is 1. The second kappa shape index (κ2) is 4.83. The molecule has 0 radical (unpaired) electrons. The molecule has 3 aromatic rings. The van der Waals surface area contributed by atoms with Gasteiger partial charge in [-0.2, -0.15) is 10.2 Å². The molecule has 0 unspecified atom stereocenters. The van der Waals surface area contributed by atoms with E-state index in [1.807, 2.05) is 30.8 Å². The van der Waals surface area contributed by atoms with E-state index in [0.717, 1.165) is 28.0 Å². The van der Waals surface area contributed by atoms with E-state index in [9.17, 15) is 0 Å². The molecule has 5 nitrogen and oxygen atoms in total. The average Bonchev–Trinajstić information content (AvgIpc) is 2.97. The summed E-state index contributed by atoms with van der Waals surface area (Å²) in [6.07, 6.45) is 1.74. The summed E-state index contributed by atoms with van der Waals surface area (Å²) >= 11 is 6.39. The van der Waals surface area contributed by atoms with Crippen molar-refractivity contribution in [2.45, 2.75) is 20.4 Å². The summed E-state index contributed by atoms with van der Waals surface area (Å²) in [4.78, 5) is 0. The van der Waals surface area contributed by atoms with E-state index in [4.69, 9.17) is 11.6 Å². The maximum atomic E-state index is 6.39. The van der Waals surface area contributed by atoms with Gasteiger partial charge in [0.2, 0.25) is 0 Å². The van der Waals surface area contributed by atoms with Gasteiger partial charge in [-0.25, -0.2) is 0 Å². The molecule has 2 heterocycles. The van der Waals surface area contributed by atoms with E-state index in [1.54, 1.807) is 6.20 Å². The Morgan fingerprint density at radius 2 is 2.15 bits per heavy atom. The van der Waals surface area contributed by atoms with Crippen molar-refractivity contribution < 1.29 is 0 Å². The second-order valence-corrected chi connectivity index (χ2v) is 5.26. The lowest BCUT2D eigenvalue weighted by Gasteiger charge is -2.09. The van der Waals surface area contributed by atoms with E-state index in [1.165, 1.54) is 5.56 Å². The molecule has 20 heavy (non-hydrogen) atoms. The van der Waals surface area contributed by atoms with Gasteiger partial charge >= 0.3 is 0 Å². The van der Waals surface area contributed by atoms with Crippen molar-refractivity contribution in [1.29, 1.82) is 0 Å². The van der Waals surface area contributed by atoms with Gasteiger partial charge in [0.25, 0.3) is 0 Å². The third kappa shape index (κ3) is 2.04. The Labute approximate surface area is 121 Å². The van der Waals surface area contributed by atoms with Gasteiger partial charge in [0.1, 0.15) is 0 Å². The van der Waals surface area contributed by atoms with E-state index in [2.05, 4.69) is 27.5 Å². The Morgan fingerprint density at radius 3 is 2.85 bits per heavy atom. The summed E-state index contributed by atoms with van der Waals surface area (Å²) in [6.45, 7) is 4.79. The van der Waals surface area contributed by atoms with Crippen molar-refractivity contribution in [2.24, 2.45) is 7.05 Å². The molecule has 1 aromatic carbocycles. The molecule has 0 aliphatic carbocycles. The number of aryl methyl sites for hydroxylation is 2. The smallest absolute Gasteiger partial charge is 0.0747 e. The third-order valence-corrected chi connectivity index (χ3v) is 4.08. The number of benzene rings is 1. The lowest BCUT2D eigenvalue weighted by atomic mass is 10.2. The normalized spacial score (nSPS) is 11.2.